The minimum atomic E-state index is -0.979. The largest absolute Gasteiger partial charge is 0.437 e. The number of hydrogen-bond acceptors (Lipinski definition) is 5. The number of ether oxygens (including phenoxy) is 1. The number of rotatable bonds is 4. The van der Waals surface area contributed by atoms with Crippen molar-refractivity contribution in [3.63, 3.8) is 0 Å². The van der Waals surface area contributed by atoms with Crippen molar-refractivity contribution >= 4 is 23.1 Å². The quantitative estimate of drug-likeness (QED) is 0.573. The zero-order chi connectivity index (χ0) is 15.4. The zero-order valence-electron chi connectivity index (χ0n) is 11.8. The summed E-state index contributed by atoms with van der Waals surface area (Å²) in [4.78, 5) is 13.0. The van der Waals surface area contributed by atoms with Gasteiger partial charge in [0.15, 0.2) is 5.71 Å². The molecule has 0 bridgehead atoms. The van der Waals surface area contributed by atoms with Gasteiger partial charge in [0.1, 0.15) is 5.75 Å². The molecule has 0 atom stereocenters. The van der Waals surface area contributed by atoms with Gasteiger partial charge in [-0.25, -0.2) is 0 Å². The van der Waals surface area contributed by atoms with Crippen molar-refractivity contribution in [3.05, 3.63) is 35.9 Å². The van der Waals surface area contributed by atoms with Crippen LogP contribution in [0.3, 0.4) is 0 Å². The van der Waals surface area contributed by atoms with Crippen LogP contribution in [-0.2, 0) is 4.79 Å². The molecule has 110 valence electrons. The van der Waals surface area contributed by atoms with E-state index >= 15 is 0 Å². The molecule has 0 radical (unpaired) electrons. The fraction of sp³-hybridized carbons (Fsp3) is 0.267. The van der Waals surface area contributed by atoms with Crippen LogP contribution in [0.4, 0.5) is 0 Å². The van der Waals surface area contributed by atoms with Crippen LogP contribution >= 0.6 is 0 Å². The lowest BCUT2D eigenvalue weighted by Gasteiger charge is -2.22. The van der Waals surface area contributed by atoms with Crippen molar-refractivity contribution in [2.75, 3.05) is 20.1 Å². The summed E-state index contributed by atoms with van der Waals surface area (Å²) in [7, 11) is 2.09. The molecule has 1 heterocycles. The molecule has 2 rings (SSSR count). The molecular formula is C15H18N4O2. The molecule has 0 fully saturated rings. The molecule has 0 saturated carbocycles. The molecular weight excluding hydrogens is 268 g/mol. The van der Waals surface area contributed by atoms with Gasteiger partial charge >= 0.3 is 0 Å². The van der Waals surface area contributed by atoms with Gasteiger partial charge in [-0.05, 0) is 36.7 Å². The van der Waals surface area contributed by atoms with Gasteiger partial charge in [-0.3, -0.25) is 15.6 Å². The highest BCUT2D eigenvalue weighted by Gasteiger charge is 2.14. The minimum absolute atomic E-state index is 0.406. The standard InChI is InChI=1S/C15H18N4O2/c1-19-8-6-11(7-9-19)10-2-4-12(5-3-10)21-15(18)13(16)14(17)20/h2-6,16,18H,7-9H2,1H3,(H2,17,20). The van der Waals surface area contributed by atoms with E-state index in [1.165, 1.54) is 5.57 Å². The Hall–Kier alpha value is -2.47. The van der Waals surface area contributed by atoms with Crippen LogP contribution in [0, 0.1) is 10.8 Å². The molecule has 1 amide bonds. The average Bonchev–Trinajstić information content (AvgIpc) is 2.48. The Kier molecular flexibility index (Phi) is 4.49. The normalized spacial score (nSPS) is 15.2. The van der Waals surface area contributed by atoms with Crippen molar-refractivity contribution in [3.8, 4) is 5.75 Å². The summed E-state index contributed by atoms with van der Waals surface area (Å²) >= 11 is 0. The van der Waals surface area contributed by atoms with E-state index in [2.05, 4.69) is 18.0 Å². The highest BCUT2D eigenvalue weighted by Crippen LogP contribution is 2.24. The third-order valence-electron chi connectivity index (χ3n) is 3.33. The summed E-state index contributed by atoms with van der Waals surface area (Å²) in [5.41, 5.74) is 6.69. The average molecular weight is 286 g/mol. The first kappa shape index (κ1) is 14.9. The van der Waals surface area contributed by atoms with E-state index in [0.717, 1.165) is 25.1 Å². The van der Waals surface area contributed by atoms with Gasteiger partial charge in [-0.1, -0.05) is 18.2 Å². The lowest BCUT2D eigenvalue weighted by atomic mass is 10.00. The van der Waals surface area contributed by atoms with E-state index in [-0.39, 0.29) is 0 Å². The lowest BCUT2D eigenvalue weighted by Crippen LogP contribution is -2.32. The molecule has 1 aromatic carbocycles. The summed E-state index contributed by atoms with van der Waals surface area (Å²) in [6.07, 6.45) is 3.20. The van der Waals surface area contributed by atoms with E-state index in [9.17, 15) is 4.79 Å². The first-order chi connectivity index (χ1) is 9.97. The van der Waals surface area contributed by atoms with Gasteiger partial charge in [-0.15, -0.1) is 0 Å². The molecule has 4 N–H and O–H groups in total. The second-order valence-electron chi connectivity index (χ2n) is 4.94. The number of nitrogens with one attached hydrogen (secondary N) is 2. The van der Waals surface area contributed by atoms with Crippen molar-refractivity contribution in [2.24, 2.45) is 5.73 Å². The summed E-state index contributed by atoms with van der Waals surface area (Å²) in [6.45, 7) is 1.97. The van der Waals surface area contributed by atoms with Crippen molar-refractivity contribution in [1.82, 2.24) is 4.90 Å². The number of carbonyl (C=O) groups is 1. The van der Waals surface area contributed by atoms with Crippen LogP contribution in [0.5, 0.6) is 5.75 Å². The molecule has 0 aromatic heterocycles. The van der Waals surface area contributed by atoms with E-state index in [4.69, 9.17) is 21.3 Å². The fourth-order valence-electron chi connectivity index (χ4n) is 2.05. The predicted molar refractivity (Wildman–Crippen MR) is 81.8 cm³/mol. The molecule has 1 aliphatic heterocycles. The van der Waals surface area contributed by atoms with Crippen molar-refractivity contribution in [2.45, 2.75) is 6.42 Å². The maximum absolute atomic E-state index is 10.8. The number of primary amides is 1. The Labute approximate surface area is 123 Å². The maximum atomic E-state index is 10.8. The van der Waals surface area contributed by atoms with Crippen LogP contribution in [0.25, 0.3) is 5.57 Å². The number of nitrogens with two attached hydrogens (primary N) is 1. The Morgan fingerprint density at radius 3 is 2.48 bits per heavy atom. The monoisotopic (exact) mass is 286 g/mol. The number of likely N-dealkylation sites (N-methyl/N-ethyl adjacent to an activating group) is 1. The van der Waals surface area contributed by atoms with Crippen molar-refractivity contribution < 1.29 is 9.53 Å². The summed E-state index contributed by atoms with van der Waals surface area (Å²) in [5, 5.41) is 14.8. The van der Waals surface area contributed by atoms with Crippen LogP contribution in [0.2, 0.25) is 0 Å². The SMILES string of the molecule is CN1CC=C(c2ccc(OC(=N)C(=N)C(N)=O)cc2)CC1. The zero-order valence-corrected chi connectivity index (χ0v) is 11.8. The minimum Gasteiger partial charge on any atom is -0.437 e. The molecule has 6 nitrogen and oxygen atoms in total. The van der Waals surface area contributed by atoms with Crippen LogP contribution in [-0.4, -0.2) is 42.6 Å². The summed E-state index contributed by atoms with van der Waals surface area (Å²) in [5.74, 6) is -1.12. The topological polar surface area (TPSA) is 103 Å². The summed E-state index contributed by atoms with van der Waals surface area (Å²) < 4.78 is 5.13. The van der Waals surface area contributed by atoms with Gasteiger partial charge in [0, 0.05) is 13.1 Å². The number of carbonyl (C=O) groups excluding carboxylic acids is 1. The van der Waals surface area contributed by atoms with E-state index in [1.807, 2.05) is 12.1 Å². The first-order valence-electron chi connectivity index (χ1n) is 6.60. The Bertz CT molecular complexity index is 605. The molecule has 0 aliphatic carbocycles. The molecule has 0 unspecified atom stereocenters. The van der Waals surface area contributed by atoms with E-state index in [1.54, 1.807) is 12.1 Å². The molecule has 1 aromatic rings. The Morgan fingerprint density at radius 2 is 1.95 bits per heavy atom. The number of amides is 1. The van der Waals surface area contributed by atoms with Gasteiger partial charge in [0.2, 0.25) is 5.90 Å². The van der Waals surface area contributed by atoms with E-state index < -0.39 is 17.5 Å². The van der Waals surface area contributed by atoms with Gasteiger partial charge in [0.25, 0.3) is 5.91 Å². The third-order valence-corrected chi connectivity index (χ3v) is 3.33. The number of benzene rings is 1. The predicted octanol–water partition coefficient (Wildman–Crippen LogP) is 1.27. The van der Waals surface area contributed by atoms with E-state index in [0.29, 0.717) is 5.75 Å². The Morgan fingerprint density at radius 1 is 1.29 bits per heavy atom. The van der Waals surface area contributed by atoms with Crippen LogP contribution in [0.15, 0.2) is 30.3 Å². The molecule has 21 heavy (non-hydrogen) atoms. The molecule has 1 aliphatic rings. The molecule has 0 saturated heterocycles. The summed E-state index contributed by atoms with van der Waals surface area (Å²) in [6, 6.07) is 7.26. The Balaban J connectivity index is 2.04. The smallest absolute Gasteiger partial charge is 0.272 e. The van der Waals surface area contributed by atoms with Gasteiger partial charge < -0.3 is 15.4 Å². The highest BCUT2D eigenvalue weighted by atomic mass is 16.5. The lowest BCUT2D eigenvalue weighted by molar-refractivity contribution is -0.111. The highest BCUT2D eigenvalue weighted by molar-refractivity contribution is 6.63. The second kappa shape index (κ2) is 6.32. The fourth-order valence-corrected chi connectivity index (χ4v) is 2.05. The van der Waals surface area contributed by atoms with Gasteiger partial charge in [-0.2, -0.15) is 0 Å². The number of nitrogens with zero attached hydrogens (tertiary/aromatic N) is 1. The van der Waals surface area contributed by atoms with Crippen LogP contribution < -0.4 is 10.5 Å². The van der Waals surface area contributed by atoms with Gasteiger partial charge in [0.05, 0.1) is 0 Å². The van der Waals surface area contributed by atoms with Crippen LogP contribution in [0.1, 0.15) is 12.0 Å². The molecule has 0 spiro atoms. The first-order valence-corrected chi connectivity index (χ1v) is 6.60. The number of hydrogen-bond donors (Lipinski definition) is 3. The van der Waals surface area contributed by atoms with Crippen molar-refractivity contribution in [1.29, 1.82) is 10.8 Å². The second-order valence-corrected chi connectivity index (χ2v) is 4.94. The molecule has 6 heteroatoms. The maximum Gasteiger partial charge on any atom is 0.272 e. The third kappa shape index (κ3) is 3.76.